The number of carbonyl (C=O) groups excluding carboxylic acids is 1. The van der Waals surface area contributed by atoms with Gasteiger partial charge in [0.1, 0.15) is 11.2 Å². The molecule has 23 heavy (non-hydrogen) atoms. The van der Waals surface area contributed by atoms with Gasteiger partial charge in [-0.1, -0.05) is 0 Å². The molecular weight excluding hydrogens is 300 g/mol. The van der Waals surface area contributed by atoms with Crippen LogP contribution in [0.5, 0.6) is 0 Å². The third kappa shape index (κ3) is 2.75. The van der Waals surface area contributed by atoms with E-state index in [4.69, 9.17) is 14.3 Å². The first kappa shape index (κ1) is 16.4. The Kier molecular flexibility index (Phi) is 3.55. The zero-order chi connectivity index (χ0) is 17.2. The molecule has 130 valence electrons. The molecule has 1 amide bonds. The maximum Gasteiger partial charge on any atom is 0.410 e. The summed E-state index contributed by atoms with van der Waals surface area (Å²) in [4.78, 5) is 19.9. The summed E-state index contributed by atoms with van der Waals surface area (Å²) in [5.41, 5.74) is -0.488. The number of methoxy groups -OCH3 is 1. The fourth-order valence-corrected chi connectivity index (χ4v) is 3.91. The van der Waals surface area contributed by atoms with E-state index in [0.717, 1.165) is 0 Å². The molecule has 4 atom stereocenters. The average molecular weight is 326 g/mol. The number of rotatable bonds is 2. The molecule has 0 bridgehead atoms. The SMILES string of the molecule is COC1C(C2C3CN(C(=O)OC(C)(C)C)C[C@H]32)=[N+]([O-])OC1(C)C. The summed E-state index contributed by atoms with van der Waals surface area (Å²) in [7, 11) is 1.60. The molecule has 0 aromatic heterocycles. The molecule has 1 saturated heterocycles. The van der Waals surface area contributed by atoms with E-state index < -0.39 is 11.2 Å². The summed E-state index contributed by atoms with van der Waals surface area (Å²) in [6.07, 6.45) is -0.621. The Labute approximate surface area is 136 Å². The van der Waals surface area contributed by atoms with Crippen LogP contribution in [0, 0.1) is 23.0 Å². The molecule has 0 radical (unpaired) electrons. The molecule has 7 heteroatoms. The Morgan fingerprint density at radius 2 is 1.91 bits per heavy atom. The molecule has 3 aliphatic rings. The number of nitrogens with zero attached hydrogens (tertiary/aromatic N) is 2. The van der Waals surface area contributed by atoms with E-state index in [1.54, 1.807) is 12.0 Å². The minimum absolute atomic E-state index is 0.137. The van der Waals surface area contributed by atoms with Crippen molar-refractivity contribution in [3.8, 4) is 0 Å². The van der Waals surface area contributed by atoms with E-state index in [1.165, 1.54) is 0 Å². The normalized spacial score (nSPS) is 35.1. The number of hydrogen-bond acceptors (Lipinski definition) is 5. The molecule has 0 N–H and O–H groups in total. The Hall–Kier alpha value is -1.50. The van der Waals surface area contributed by atoms with E-state index in [2.05, 4.69) is 0 Å². The molecule has 0 spiro atoms. The standard InChI is InChI=1S/C16H26N2O5/c1-15(2,3)22-14(19)17-7-9-10(8-17)11(9)12-13(21-6)16(4,5)23-18(12)20/h9-11,13H,7-8H2,1-6H3/t9-,10?,11?,13?/m1/s1. The third-order valence-corrected chi connectivity index (χ3v) is 4.85. The number of amides is 1. The van der Waals surface area contributed by atoms with Crippen LogP contribution in [0.2, 0.25) is 0 Å². The lowest BCUT2D eigenvalue weighted by atomic mass is 9.94. The highest BCUT2D eigenvalue weighted by Gasteiger charge is 2.66. The highest BCUT2D eigenvalue weighted by molar-refractivity contribution is 5.91. The molecule has 3 unspecified atom stereocenters. The van der Waals surface area contributed by atoms with Crippen LogP contribution in [-0.2, 0) is 14.3 Å². The van der Waals surface area contributed by atoms with Gasteiger partial charge in [0.25, 0.3) is 5.71 Å². The van der Waals surface area contributed by atoms with Crippen molar-refractivity contribution in [1.82, 2.24) is 4.90 Å². The predicted molar refractivity (Wildman–Crippen MR) is 82.9 cm³/mol. The van der Waals surface area contributed by atoms with Crippen LogP contribution in [0.25, 0.3) is 0 Å². The van der Waals surface area contributed by atoms with Gasteiger partial charge in [0.05, 0.1) is 5.92 Å². The minimum Gasteiger partial charge on any atom is -0.444 e. The molecule has 2 fully saturated rings. The molecule has 1 saturated carbocycles. The van der Waals surface area contributed by atoms with E-state index in [0.29, 0.717) is 35.5 Å². The van der Waals surface area contributed by atoms with Crippen LogP contribution < -0.4 is 0 Å². The second-order valence-electron chi connectivity index (χ2n) is 8.23. The monoisotopic (exact) mass is 326 g/mol. The lowest BCUT2D eigenvalue weighted by Crippen LogP contribution is -2.42. The first-order valence-electron chi connectivity index (χ1n) is 8.09. The summed E-state index contributed by atoms with van der Waals surface area (Å²) in [5.74, 6) is 0.728. The minimum atomic E-state index is -0.659. The van der Waals surface area contributed by atoms with Gasteiger partial charge in [0.15, 0.2) is 6.10 Å². The Bertz CT molecular complexity index is 539. The summed E-state index contributed by atoms with van der Waals surface area (Å²) < 4.78 is 10.9. The second kappa shape index (κ2) is 5.00. The smallest absolute Gasteiger partial charge is 0.410 e. The van der Waals surface area contributed by atoms with Gasteiger partial charge in [-0.3, -0.25) is 5.21 Å². The maximum absolute atomic E-state index is 12.1. The van der Waals surface area contributed by atoms with Crippen LogP contribution in [0.3, 0.4) is 0 Å². The van der Waals surface area contributed by atoms with Crippen molar-refractivity contribution in [3.63, 3.8) is 0 Å². The van der Waals surface area contributed by atoms with Crippen molar-refractivity contribution in [3.05, 3.63) is 5.21 Å². The number of piperidine rings is 1. The molecule has 7 nitrogen and oxygen atoms in total. The van der Waals surface area contributed by atoms with Crippen LogP contribution in [-0.4, -0.2) is 59.1 Å². The first-order chi connectivity index (χ1) is 10.5. The summed E-state index contributed by atoms with van der Waals surface area (Å²) in [6, 6.07) is 0. The zero-order valence-corrected chi connectivity index (χ0v) is 14.7. The summed E-state index contributed by atoms with van der Waals surface area (Å²) >= 11 is 0. The number of fused-ring (bicyclic) bond motifs is 1. The van der Waals surface area contributed by atoms with E-state index in [1.807, 2.05) is 34.6 Å². The summed E-state index contributed by atoms with van der Waals surface area (Å²) in [5, 5.41) is 12.1. The van der Waals surface area contributed by atoms with Crippen molar-refractivity contribution in [2.75, 3.05) is 20.2 Å². The average Bonchev–Trinajstić information content (AvgIpc) is 2.77. The van der Waals surface area contributed by atoms with Gasteiger partial charge in [-0.15, -0.1) is 0 Å². The van der Waals surface area contributed by atoms with E-state index >= 15 is 0 Å². The zero-order valence-electron chi connectivity index (χ0n) is 14.7. The van der Waals surface area contributed by atoms with Crippen LogP contribution in [0.1, 0.15) is 34.6 Å². The second-order valence-corrected chi connectivity index (χ2v) is 8.23. The third-order valence-electron chi connectivity index (χ3n) is 4.85. The molecule has 0 aromatic rings. The van der Waals surface area contributed by atoms with E-state index in [-0.39, 0.29) is 18.1 Å². The Morgan fingerprint density at radius 3 is 2.39 bits per heavy atom. The fourth-order valence-electron chi connectivity index (χ4n) is 3.91. The lowest BCUT2D eigenvalue weighted by Gasteiger charge is -2.26. The van der Waals surface area contributed by atoms with Gasteiger partial charge in [-0.05, 0) is 46.5 Å². The van der Waals surface area contributed by atoms with Crippen molar-refractivity contribution < 1.29 is 24.0 Å². The Morgan fingerprint density at radius 1 is 1.35 bits per heavy atom. The van der Waals surface area contributed by atoms with Gasteiger partial charge < -0.3 is 19.2 Å². The highest BCUT2D eigenvalue weighted by Crippen LogP contribution is 2.54. The van der Waals surface area contributed by atoms with Gasteiger partial charge in [0, 0.05) is 25.1 Å². The van der Waals surface area contributed by atoms with Gasteiger partial charge >= 0.3 is 6.09 Å². The quantitative estimate of drug-likeness (QED) is 0.723. The number of likely N-dealkylation sites (tertiary alicyclic amines) is 1. The molecule has 3 rings (SSSR count). The molecular formula is C16H26N2O5. The van der Waals surface area contributed by atoms with Crippen molar-refractivity contribution in [2.24, 2.45) is 17.8 Å². The van der Waals surface area contributed by atoms with Gasteiger partial charge in [0.2, 0.25) is 0 Å². The highest BCUT2D eigenvalue weighted by atomic mass is 16.9. The van der Waals surface area contributed by atoms with Crippen molar-refractivity contribution in [2.45, 2.75) is 51.9 Å². The fraction of sp³-hybridized carbons (Fsp3) is 0.875. The topological polar surface area (TPSA) is 74.1 Å². The largest absolute Gasteiger partial charge is 0.444 e. The molecule has 0 aromatic carbocycles. The number of carbonyl (C=O) groups is 1. The van der Waals surface area contributed by atoms with Crippen LogP contribution in [0.4, 0.5) is 4.79 Å². The molecule has 1 aliphatic carbocycles. The van der Waals surface area contributed by atoms with Crippen LogP contribution in [0.15, 0.2) is 0 Å². The molecule has 2 heterocycles. The molecule has 2 aliphatic heterocycles. The Balaban J connectivity index is 1.64. The van der Waals surface area contributed by atoms with Gasteiger partial charge in [-0.25, -0.2) is 4.79 Å². The maximum atomic E-state index is 12.1. The van der Waals surface area contributed by atoms with Gasteiger partial charge in [-0.2, -0.15) is 0 Å². The summed E-state index contributed by atoms with van der Waals surface area (Å²) in [6.45, 7) is 10.5. The van der Waals surface area contributed by atoms with Crippen molar-refractivity contribution in [1.29, 1.82) is 0 Å². The van der Waals surface area contributed by atoms with Crippen molar-refractivity contribution >= 4 is 11.8 Å². The van der Waals surface area contributed by atoms with E-state index in [9.17, 15) is 10.0 Å². The first-order valence-corrected chi connectivity index (χ1v) is 8.09. The lowest BCUT2D eigenvalue weighted by molar-refractivity contribution is -0.751. The number of hydrogen-bond donors (Lipinski definition) is 0. The predicted octanol–water partition coefficient (Wildman–Crippen LogP) is 1.79. The number of ether oxygens (including phenoxy) is 2. The van der Waals surface area contributed by atoms with Crippen LogP contribution >= 0.6 is 0 Å².